The van der Waals surface area contributed by atoms with E-state index in [1.165, 1.54) is 4.88 Å². The maximum absolute atomic E-state index is 12.9. The average Bonchev–Trinajstić information content (AvgIpc) is 2.80. The van der Waals surface area contributed by atoms with Crippen molar-refractivity contribution in [2.24, 2.45) is 5.92 Å². The molecule has 2 unspecified atom stereocenters. The summed E-state index contributed by atoms with van der Waals surface area (Å²) in [6.07, 6.45) is 0.600. The number of carbonyl (C=O) groups is 2. The second-order valence-electron chi connectivity index (χ2n) is 6.31. The van der Waals surface area contributed by atoms with Crippen LogP contribution in [0.4, 0.5) is 0 Å². The summed E-state index contributed by atoms with van der Waals surface area (Å²) >= 11 is 1.68. The van der Waals surface area contributed by atoms with Gasteiger partial charge >= 0.3 is 0 Å². The SMILES string of the molecule is CCC1(C)NC(=O)C(C(C)C)N(Cc2ccc(C)s2)C1=O. The molecule has 0 radical (unpaired) electrons. The van der Waals surface area contributed by atoms with E-state index in [9.17, 15) is 9.59 Å². The number of nitrogens with one attached hydrogen (secondary N) is 1. The molecule has 1 fully saturated rings. The van der Waals surface area contributed by atoms with E-state index in [2.05, 4.69) is 18.3 Å². The minimum absolute atomic E-state index is 0.0225. The number of nitrogens with zero attached hydrogens (tertiary/aromatic N) is 1. The quantitative estimate of drug-likeness (QED) is 0.930. The summed E-state index contributed by atoms with van der Waals surface area (Å²) in [7, 11) is 0. The zero-order valence-electron chi connectivity index (χ0n) is 13.4. The summed E-state index contributed by atoms with van der Waals surface area (Å²) in [5.41, 5.74) is -0.783. The first kappa shape index (κ1) is 16.0. The highest BCUT2D eigenvalue weighted by Crippen LogP contribution is 2.28. The number of aryl methyl sites for hydroxylation is 1. The summed E-state index contributed by atoms with van der Waals surface area (Å²) in [6.45, 7) is 10.3. The molecule has 1 aromatic heterocycles. The Hall–Kier alpha value is -1.36. The van der Waals surface area contributed by atoms with E-state index in [4.69, 9.17) is 0 Å². The Morgan fingerprint density at radius 3 is 2.52 bits per heavy atom. The predicted octanol–water partition coefficient (Wildman–Crippen LogP) is 2.71. The van der Waals surface area contributed by atoms with Crippen LogP contribution in [0.15, 0.2) is 12.1 Å². The molecule has 4 nitrogen and oxygen atoms in total. The highest BCUT2D eigenvalue weighted by atomic mass is 32.1. The van der Waals surface area contributed by atoms with E-state index in [0.29, 0.717) is 13.0 Å². The van der Waals surface area contributed by atoms with Gasteiger partial charge in [-0.3, -0.25) is 9.59 Å². The van der Waals surface area contributed by atoms with Crippen LogP contribution in [0.3, 0.4) is 0 Å². The van der Waals surface area contributed by atoms with Gasteiger partial charge in [0.05, 0.1) is 6.54 Å². The molecule has 1 aliphatic heterocycles. The van der Waals surface area contributed by atoms with Gasteiger partial charge < -0.3 is 10.2 Å². The lowest BCUT2D eigenvalue weighted by atomic mass is 9.88. The van der Waals surface area contributed by atoms with Crippen LogP contribution in [0, 0.1) is 12.8 Å². The molecule has 0 spiro atoms. The molecular weight excluding hydrogens is 284 g/mol. The van der Waals surface area contributed by atoms with Crippen molar-refractivity contribution in [3.8, 4) is 0 Å². The van der Waals surface area contributed by atoms with E-state index in [1.54, 1.807) is 16.2 Å². The van der Waals surface area contributed by atoms with Gasteiger partial charge in [0.1, 0.15) is 11.6 Å². The number of hydrogen-bond donors (Lipinski definition) is 1. The molecular formula is C16H24N2O2S. The first-order valence-corrected chi connectivity index (χ1v) is 8.28. The minimum atomic E-state index is -0.783. The monoisotopic (exact) mass is 308 g/mol. The molecule has 0 aromatic carbocycles. The van der Waals surface area contributed by atoms with Crippen LogP contribution in [-0.2, 0) is 16.1 Å². The number of amides is 2. The molecule has 2 amide bonds. The van der Waals surface area contributed by atoms with E-state index >= 15 is 0 Å². The van der Waals surface area contributed by atoms with Gasteiger partial charge in [-0.25, -0.2) is 0 Å². The van der Waals surface area contributed by atoms with Crippen LogP contribution in [0.2, 0.25) is 0 Å². The van der Waals surface area contributed by atoms with Gasteiger partial charge in [-0.1, -0.05) is 20.8 Å². The van der Waals surface area contributed by atoms with E-state index in [0.717, 1.165) is 4.88 Å². The molecule has 0 aliphatic carbocycles. The number of hydrogen-bond acceptors (Lipinski definition) is 3. The van der Waals surface area contributed by atoms with Crippen molar-refractivity contribution in [2.45, 2.75) is 59.2 Å². The molecule has 2 atom stereocenters. The standard InChI is InChI=1S/C16H24N2O2S/c1-6-16(5)15(20)18(9-12-8-7-11(4)21-12)13(10(2)3)14(19)17-16/h7-8,10,13H,6,9H2,1-5H3,(H,17,19). The molecule has 5 heteroatoms. The summed E-state index contributed by atoms with van der Waals surface area (Å²) in [4.78, 5) is 29.4. The number of carbonyl (C=O) groups excluding carboxylic acids is 2. The van der Waals surface area contributed by atoms with Crippen LogP contribution in [0.25, 0.3) is 0 Å². The molecule has 116 valence electrons. The minimum Gasteiger partial charge on any atom is -0.340 e. The highest BCUT2D eigenvalue weighted by Gasteiger charge is 2.47. The third-order valence-electron chi connectivity index (χ3n) is 4.20. The second kappa shape index (κ2) is 5.79. The molecule has 2 heterocycles. The third-order valence-corrected chi connectivity index (χ3v) is 5.18. The Kier molecular flexibility index (Phi) is 4.42. The first-order chi connectivity index (χ1) is 9.78. The van der Waals surface area contributed by atoms with Crippen LogP contribution in [0.5, 0.6) is 0 Å². The lowest BCUT2D eigenvalue weighted by Gasteiger charge is -2.45. The largest absolute Gasteiger partial charge is 0.340 e. The third kappa shape index (κ3) is 2.98. The molecule has 1 aromatic rings. The zero-order valence-corrected chi connectivity index (χ0v) is 14.2. The van der Waals surface area contributed by atoms with Gasteiger partial charge in [-0.15, -0.1) is 11.3 Å². The van der Waals surface area contributed by atoms with Gasteiger partial charge in [0.25, 0.3) is 0 Å². The summed E-state index contributed by atoms with van der Waals surface area (Å²) in [5.74, 6) is 0.0768. The number of thiophene rings is 1. The van der Waals surface area contributed by atoms with E-state index in [1.807, 2.05) is 33.8 Å². The van der Waals surface area contributed by atoms with Crippen LogP contribution < -0.4 is 5.32 Å². The Balaban J connectivity index is 2.34. The number of piperazine rings is 1. The molecule has 0 saturated carbocycles. The van der Waals surface area contributed by atoms with Crippen molar-refractivity contribution in [1.82, 2.24) is 10.2 Å². The van der Waals surface area contributed by atoms with Gasteiger partial charge in [-0.2, -0.15) is 0 Å². The zero-order chi connectivity index (χ0) is 15.8. The van der Waals surface area contributed by atoms with Gasteiger partial charge in [0.15, 0.2) is 0 Å². The summed E-state index contributed by atoms with van der Waals surface area (Å²) in [6, 6.07) is 3.71. The number of rotatable bonds is 4. The smallest absolute Gasteiger partial charge is 0.249 e. The van der Waals surface area contributed by atoms with E-state index < -0.39 is 5.54 Å². The Morgan fingerprint density at radius 1 is 1.38 bits per heavy atom. The normalized spacial score (nSPS) is 26.4. The lowest BCUT2D eigenvalue weighted by Crippen LogP contribution is -2.69. The predicted molar refractivity (Wildman–Crippen MR) is 85.1 cm³/mol. The molecule has 21 heavy (non-hydrogen) atoms. The highest BCUT2D eigenvalue weighted by molar-refractivity contribution is 7.11. The second-order valence-corrected chi connectivity index (χ2v) is 7.68. The van der Waals surface area contributed by atoms with Gasteiger partial charge in [0, 0.05) is 9.75 Å². The Bertz CT molecular complexity index is 552. The van der Waals surface area contributed by atoms with Crippen molar-refractivity contribution < 1.29 is 9.59 Å². The van der Waals surface area contributed by atoms with Crippen LogP contribution >= 0.6 is 11.3 Å². The maximum Gasteiger partial charge on any atom is 0.249 e. The van der Waals surface area contributed by atoms with Gasteiger partial charge in [-0.05, 0) is 38.3 Å². The molecule has 0 bridgehead atoms. The summed E-state index contributed by atoms with van der Waals surface area (Å²) in [5, 5.41) is 2.92. The van der Waals surface area contributed by atoms with Gasteiger partial charge in [0.2, 0.25) is 11.8 Å². The topological polar surface area (TPSA) is 49.4 Å². The molecule has 2 rings (SSSR count). The fourth-order valence-corrected chi connectivity index (χ4v) is 3.68. The van der Waals surface area contributed by atoms with E-state index in [-0.39, 0.29) is 23.8 Å². The summed E-state index contributed by atoms with van der Waals surface area (Å²) < 4.78 is 0. The fourth-order valence-electron chi connectivity index (χ4n) is 2.79. The first-order valence-electron chi connectivity index (χ1n) is 7.47. The average molecular weight is 308 g/mol. The lowest BCUT2D eigenvalue weighted by molar-refractivity contribution is -0.157. The molecule has 1 aliphatic rings. The molecule has 1 saturated heterocycles. The van der Waals surface area contributed by atoms with Crippen LogP contribution in [-0.4, -0.2) is 28.3 Å². The molecule has 1 N–H and O–H groups in total. The maximum atomic E-state index is 12.9. The Morgan fingerprint density at radius 2 is 2.05 bits per heavy atom. The Labute approximate surface area is 130 Å². The van der Waals surface area contributed by atoms with Crippen molar-refractivity contribution in [1.29, 1.82) is 0 Å². The van der Waals surface area contributed by atoms with Crippen molar-refractivity contribution in [3.63, 3.8) is 0 Å². The van der Waals surface area contributed by atoms with Crippen molar-refractivity contribution >= 4 is 23.2 Å². The van der Waals surface area contributed by atoms with Crippen LogP contribution in [0.1, 0.15) is 43.9 Å². The fraction of sp³-hybridized carbons (Fsp3) is 0.625. The van der Waals surface area contributed by atoms with Crippen molar-refractivity contribution in [3.05, 3.63) is 21.9 Å². The van der Waals surface area contributed by atoms with Crippen molar-refractivity contribution in [2.75, 3.05) is 0 Å².